The van der Waals surface area contributed by atoms with Crippen molar-refractivity contribution in [2.24, 2.45) is 5.73 Å². The molecule has 0 saturated heterocycles. The van der Waals surface area contributed by atoms with E-state index in [1.54, 1.807) is 14.0 Å². The van der Waals surface area contributed by atoms with Gasteiger partial charge in [-0.25, -0.2) is 4.98 Å². The van der Waals surface area contributed by atoms with Gasteiger partial charge >= 0.3 is 5.69 Å². The average molecular weight is 254 g/mol. The van der Waals surface area contributed by atoms with E-state index in [1.807, 2.05) is 0 Å². The first kappa shape index (κ1) is 13.6. The number of hydrogen-bond acceptors (Lipinski definition) is 7. The van der Waals surface area contributed by atoms with Crippen molar-refractivity contribution in [2.45, 2.75) is 19.4 Å². The van der Waals surface area contributed by atoms with E-state index in [-0.39, 0.29) is 29.9 Å². The molecular formula is C9H14N6O3. The molecule has 0 saturated carbocycles. The number of anilines is 2. The predicted molar refractivity (Wildman–Crippen MR) is 65.1 cm³/mol. The summed E-state index contributed by atoms with van der Waals surface area (Å²) >= 11 is 0. The molecule has 9 heteroatoms. The van der Waals surface area contributed by atoms with Gasteiger partial charge in [0.1, 0.15) is 6.20 Å². The number of nitro groups is 1. The van der Waals surface area contributed by atoms with Crippen LogP contribution in [0, 0.1) is 10.1 Å². The number of nitrogens with one attached hydrogen (secondary N) is 2. The molecule has 4 N–H and O–H groups in total. The number of nitrogens with zero attached hydrogens (tertiary/aromatic N) is 3. The molecule has 18 heavy (non-hydrogen) atoms. The molecule has 1 heterocycles. The normalized spacial score (nSPS) is 11.7. The van der Waals surface area contributed by atoms with Crippen LogP contribution >= 0.6 is 0 Å². The van der Waals surface area contributed by atoms with Gasteiger partial charge in [0.2, 0.25) is 17.7 Å². The fraction of sp³-hybridized carbons (Fsp3) is 0.444. The number of aromatic nitrogens is 2. The summed E-state index contributed by atoms with van der Waals surface area (Å²) < 4.78 is 0. The van der Waals surface area contributed by atoms with E-state index in [0.29, 0.717) is 0 Å². The smallest absolute Gasteiger partial charge is 0.329 e. The molecule has 0 aliphatic carbocycles. The molecule has 98 valence electrons. The van der Waals surface area contributed by atoms with Crippen molar-refractivity contribution >= 4 is 23.4 Å². The highest BCUT2D eigenvalue weighted by Crippen LogP contribution is 2.22. The van der Waals surface area contributed by atoms with Crippen LogP contribution in [0.25, 0.3) is 0 Å². The number of hydrogen-bond donors (Lipinski definition) is 3. The summed E-state index contributed by atoms with van der Waals surface area (Å²) in [5.41, 5.74) is 4.78. The van der Waals surface area contributed by atoms with Crippen molar-refractivity contribution in [3.63, 3.8) is 0 Å². The third-order valence-electron chi connectivity index (χ3n) is 2.08. The zero-order valence-electron chi connectivity index (χ0n) is 10.0. The molecule has 0 aromatic carbocycles. The van der Waals surface area contributed by atoms with E-state index >= 15 is 0 Å². The van der Waals surface area contributed by atoms with Crippen molar-refractivity contribution in [1.29, 1.82) is 0 Å². The van der Waals surface area contributed by atoms with Crippen LogP contribution in [0.4, 0.5) is 17.5 Å². The number of carbonyl (C=O) groups is 1. The van der Waals surface area contributed by atoms with Gasteiger partial charge < -0.3 is 16.4 Å². The van der Waals surface area contributed by atoms with Gasteiger partial charge in [0.25, 0.3) is 0 Å². The van der Waals surface area contributed by atoms with Crippen LogP contribution in [-0.2, 0) is 4.79 Å². The highest BCUT2D eigenvalue weighted by Gasteiger charge is 2.19. The zero-order chi connectivity index (χ0) is 13.7. The molecule has 0 aliphatic heterocycles. The molecule has 0 radical (unpaired) electrons. The van der Waals surface area contributed by atoms with Gasteiger partial charge in [-0.3, -0.25) is 14.9 Å². The molecule has 1 unspecified atom stereocenters. The molecule has 0 aliphatic rings. The fourth-order valence-electron chi connectivity index (χ4n) is 1.32. The minimum atomic E-state index is -0.598. The van der Waals surface area contributed by atoms with Crippen LogP contribution in [-0.4, -0.2) is 33.9 Å². The maximum absolute atomic E-state index is 10.8. The van der Waals surface area contributed by atoms with Crippen molar-refractivity contribution in [3.05, 3.63) is 16.3 Å². The Morgan fingerprint density at radius 2 is 2.33 bits per heavy atom. The molecule has 1 amide bonds. The first-order valence-corrected chi connectivity index (χ1v) is 5.18. The van der Waals surface area contributed by atoms with Crippen molar-refractivity contribution in [2.75, 3.05) is 17.7 Å². The number of carbonyl (C=O) groups excluding carboxylic acids is 1. The summed E-state index contributed by atoms with van der Waals surface area (Å²) in [5.74, 6) is -0.206. The molecule has 1 aromatic rings. The average Bonchev–Trinajstić information content (AvgIpc) is 2.27. The van der Waals surface area contributed by atoms with Crippen molar-refractivity contribution < 1.29 is 9.72 Å². The molecule has 1 atom stereocenters. The third-order valence-corrected chi connectivity index (χ3v) is 2.08. The summed E-state index contributed by atoms with van der Waals surface area (Å²) in [6.45, 7) is 1.68. The van der Waals surface area contributed by atoms with Crippen LogP contribution in [0.5, 0.6) is 0 Å². The SMILES string of the molecule is CNc1ncc([N+](=O)[O-])c(NC(C)CC(N)=O)n1. The Balaban J connectivity index is 2.96. The lowest BCUT2D eigenvalue weighted by molar-refractivity contribution is -0.384. The Morgan fingerprint density at radius 1 is 1.67 bits per heavy atom. The number of nitrogens with two attached hydrogens (primary N) is 1. The van der Waals surface area contributed by atoms with E-state index in [1.165, 1.54) is 0 Å². The Kier molecular flexibility index (Phi) is 4.35. The van der Waals surface area contributed by atoms with Crippen LogP contribution in [0.15, 0.2) is 6.20 Å². The summed E-state index contributed by atoms with van der Waals surface area (Å²) in [6.07, 6.45) is 1.15. The molecular weight excluding hydrogens is 240 g/mol. The number of amides is 1. The first-order valence-electron chi connectivity index (χ1n) is 5.18. The van der Waals surface area contributed by atoms with Gasteiger partial charge in [-0.15, -0.1) is 0 Å². The van der Waals surface area contributed by atoms with Gasteiger partial charge in [-0.05, 0) is 6.92 Å². The van der Waals surface area contributed by atoms with E-state index in [4.69, 9.17) is 5.73 Å². The van der Waals surface area contributed by atoms with Crippen molar-refractivity contribution in [3.8, 4) is 0 Å². The summed E-state index contributed by atoms with van der Waals surface area (Å²) in [5, 5.41) is 16.2. The molecule has 9 nitrogen and oxygen atoms in total. The largest absolute Gasteiger partial charge is 0.370 e. The lowest BCUT2D eigenvalue weighted by Crippen LogP contribution is -2.25. The maximum Gasteiger partial charge on any atom is 0.329 e. The van der Waals surface area contributed by atoms with Gasteiger partial charge in [0.15, 0.2) is 0 Å². The Morgan fingerprint density at radius 3 is 2.83 bits per heavy atom. The lowest BCUT2D eigenvalue weighted by atomic mass is 10.2. The zero-order valence-corrected chi connectivity index (χ0v) is 10.0. The second kappa shape index (κ2) is 5.75. The van der Waals surface area contributed by atoms with Gasteiger partial charge in [-0.1, -0.05) is 0 Å². The fourth-order valence-corrected chi connectivity index (χ4v) is 1.32. The second-order valence-corrected chi connectivity index (χ2v) is 3.65. The Bertz CT molecular complexity index is 464. The van der Waals surface area contributed by atoms with Gasteiger partial charge in [0.05, 0.1) is 4.92 Å². The van der Waals surface area contributed by atoms with Crippen LogP contribution in [0.2, 0.25) is 0 Å². The minimum absolute atomic E-state index is 0.0492. The Labute approximate surface area is 103 Å². The van der Waals surface area contributed by atoms with Crippen LogP contribution in [0.3, 0.4) is 0 Å². The second-order valence-electron chi connectivity index (χ2n) is 3.65. The quantitative estimate of drug-likeness (QED) is 0.483. The summed E-state index contributed by atoms with van der Waals surface area (Å²) in [7, 11) is 1.60. The number of rotatable bonds is 6. The maximum atomic E-state index is 10.8. The van der Waals surface area contributed by atoms with E-state index in [0.717, 1.165) is 6.20 Å². The lowest BCUT2D eigenvalue weighted by Gasteiger charge is -2.12. The minimum Gasteiger partial charge on any atom is -0.370 e. The number of primary amides is 1. The van der Waals surface area contributed by atoms with Gasteiger partial charge in [0, 0.05) is 19.5 Å². The van der Waals surface area contributed by atoms with Gasteiger partial charge in [-0.2, -0.15) is 4.98 Å². The van der Waals surface area contributed by atoms with Crippen LogP contribution in [0.1, 0.15) is 13.3 Å². The molecule has 0 bridgehead atoms. The molecule has 1 rings (SSSR count). The highest BCUT2D eigenvalue weighted by atomic mass is 16.6. The topological polar surface area (TPSA) is 136 Å². The highest BCUT2D eigenvalue weighted by molar-refractivity contribution is 5.75. The Hall–Kier alpha value is -2.45. The third kappa shape index (κ3) is 3.54. The standard InChI is InChI=1S/C9H14N6O3/c1-5(3-7(10)16)13-8-6(15(17)18)4-12-9(11-2)14-8/h4-5H,3H2,1-2H3,(H2,10,16)(H2,11,12,13,14). The van der Waals surface area contributed by atoms with Crippen LogP contribution < -0.4 is 16.4 Å². The van der Waals surface area contributed by atoms with E-state index in [9.17, 15) is 14.9 Å². The molecule has 0 spiro atoms. The van der Waals surface area contributed by atoms with E-state index < -0.39 is 10.8 Å². The first-order chi connectivity index (χ1) is 8.43. The van der Waals surface area contributed by atoms with Crippen molar-refractivity contribution in [1.82, 2.24) is 9.97 Å². The monoisotopic (exact) mass is 254 g/mol. The molecule has 1 aromatic heterocycles. The molecule has 0 fully saturated rings. The van der Waals surface area contributed by atoms with E-state index in [2.05, 4.69) is 20.6 Å². The summed E-state index contributed by atoms with van der Waals surface area (Å²) in [6, 6.07) is -0.360. The summed E-state index contributed by atoms with van der Waals surface area (Å²) in [4.78, 5) is 28.6. The predicted octanol–water partition coefficient (Wildman–Crippen LogP) is 0.102.